The molecule has 4 nitrogen and oxygen atoms in total. The minimum absolute atomic E-state index is 0.284. The Hall–Kier alpha value is -1.32. The monoisotopic (exact) mass is 151 g/mol. The average Bonchev–Trinajstić information content (AvgIpc) is 2.58. The Morgan fingerprint density at radius 2 is 2.64 bits per heavy atom. The van der Waals surface area contributed by atoms with Gasteiger partial charge in [-0.2, -0.15) is 0 Å². The number of nitrogens with zero attached hydrogens (tertiary/aromatic N) is 2. The van der Waals surface area contributed by atoms with Crippen LogP contribution in [-0.2, 0) is 0 Å². The summed E-state index contributed by atoms with van der Waals surface area (Å²) in [6.45, 7) is 0. The van der Waals surface area contributed by atoms with E-state index in [0.29, 0.717) is 0 Å². The lowest BCUT2D eigenvalue weighted by atomic mass is 10.1. The molecule has 4 heteroatoms. The van der Waals surface area contributed by atoms with Gasteiger partial charge in [-0.05, 0) is 19.0 Å². The zero-order valence-corrected chi connectivity index (χ0v) is 6.03. The van der Waals surface area contributed by atoms with Crippen LogP contribution < -0.4 is 5.32 Å². The first kappa shape index (κ1) is 6.39. The first-order chi connectivity index (χ1) is 5.47. The maximum Gasteiger partial charge on any atom is 0.149 e. The van der Waals surface area contributed by atoms with E-state index in [9.17, 15) is 0 Å². The van der Waals surface area contributed by atoms with Gasteiger partial charge in [-0.3, -0.25) is 0 Å². The van der Waals surface area contributed by atoms with E-state index in [1.807, 2.05) is 6.20 Å². The molecule has 0 spiro atoms. The fraction of sp³-hybridized carbons (Fsp3) is 0.429. The number of allylic oxidation sites excluding steroid dienone is 1. The summed E-state index contributed by atoms with van der Waals surface area (Å²) in [5, 5.41) is 10.4. The molecule has 1 atom stereocenters. The summed E-state index contributed by atoms with van der Waals surface area (Å²) < 4.78 is 4.64. The molecule has 1 N–H and O–H groups in total. The molecular weight excluding hydrogens is 142 g/mol. The fourth-order valence-electron chi connectivity index (χ4n) is 1.17. The Balaban J connectivity index is 2.11. The SMILES string of the molecule is C1=CNC(c2conn2)CC1. The number of hydrogen-bond donors (Lipinski definition) is 1. The Kier molecular flexibility index (Phi) is 1.59. The topological polar surface area (TPSA) is 51.0 Å². The van der Waals surface area contributed by atoms with Crippen LogP contribution >= 0.6 is 0 Å². The molecule has 1 aromatic heterocycles. The van der Waals surface area contributed by atoms with Crippen molar-refractivity contribution in [3.8, 4) is 0 Å². The molecule has 2 heterocycles. The molecule has 0 amide bonds. The molecule has 11 heavy (non-hydrogen) atoms. The van der Waals surface area contributed by atoms with Crippen molar-refractivity contribution < 1.29 is 4.52 Å². The molecule has 1 aromatic rings. The molecule has 0 aliphatic carbocycles. The van der Waals surface area contributed by atoms with Crippen LogP contribution in [0.15, 0.2) is 23.1 Å². The molecule has 2 rings (SSSR count). The largest absolute Gasteiger partial charge is 0.383 e. The van der Waals surface area contributed by atoms with Crippen molar-refractivity contribution in [2.24, 2.45) is 0 Å². The van der Waals surface area contributed by atoms with E-state index in [1.54, 1.807) is 6.26 Å². The Labute approximate surface area is 64.3 Å². The third-order valence-electron chi connectivity index (χ3n) is 1.77. The Morgan fingerprint density at radius 1 is 1.64 bits per heavy atom. The average molecular weight is 151 g/mol. The van der Waals surface area contributed by atoms with Crippen LogP contribution in [0.5, 0.6) is 0 Å². The number of hydrogen-bond acceptors (Lipinski definition) is 4. The summed E-state index contributed by atoms with van der Waals surface area (Å²) in [4.78, 5) is 0. The van der Waals surface area contributed by atoms with Gasteiger partial charge in [-0.1, -0.05) is 6.08 Å². The minimum Gasteiger partial charge on any atom is -0.383 e. The van der Waals surface area contributed by atoms with E-state index >= 15 is 0 Å². The molecule has 58 valence electrons. The zero-order chi connectivity index (χ0) is 7.52. The van der Waals surface area contributed by atoms with E-state index in [-0.39, 0.29) is 6.04 Å². The van der Waals surface area contributed by atoms with Gasteiger partial charge in [0.1, 0.15) is 12.0 Å². The lowest BCUT2D eigenvalue weighted by molar-refractivity contribution is 0.392. The van der Waals surface area contributed by atoms with Crippen molar-refractivity contribution in [1.29, 1.82) is 0 Å². The lowest BCUT2D eigenvalue weighted by Gasteiger charge is -2.16. The third kappa shape index (κ3) is 1.24. The molecular formula is C7H9N3O. The van der Waals surface area contributed by atoms with E-state index in [1.165, 1.54) is 0 Å². The van der Waals surface area contributed by atoms with Crippen molar-refractivity contribution in [1.82, 2.24) is 15.7 Å². The van der Waals surface area contributed by atoms with Gasteiger partial charge in [0, 0.05) is 5.27 Å². The van der Waals surface area contributed by atoms with Gasteiger partial charge in [0.15, 0.2) is 0 Å². The number of nitrogens with one attached hydrogen (secondary N) is 1. The standard InChI is InChI=1S/C7H9N3O/c1-2-4-8-6(3-1)7-5-11-10-9-7/h2,4-6,8H,1,3H2. The summed E-state index contributed by atoms with van der Waals surface area (Å²) in [5.41, 5.74) is 0.884. The molecule has 0 aromatic carbocycles. The highest BCUT2D eigenvalue weighted by Crippen LogP contribution is 2.18. The highest BCUT2D eigenvalue weighted by molar-refractivity contribution is 5.03. The second-order valence-corrected chi connectivity index (χ2v) is 2.53. The highest BCUT2D eigenvalue weighted by Gasteiger charge is 2.14. The zero-order valence-electron chi connectivity index (χ0n) is 6.03. The maximum absolute atomic E-state index is 4.64. The Morgan fingerprint density at radius 3 is 3.27 bits per heavy atom. The predicted octanol–water partition coefficient (Wildman–Crippen LogP) is 1.01. The fourth-order valence-corrected chi connectivity index (χ4v) is 1.17. The first-order valence-electron chi connectivity index (χ1n) is 3.65. The van der Waals surface area contributed by atoms with Crippen LogP contribution in [0.2, 0.25) is 0 Å². The van der Waals surface area contributed by atoms with Crippen LogP contribution in [0, 0.1) is 0 Å². The van der Waals surface area contributed by atoms with E-state index in [2.05, 4.69) is 26.3 Å². The van der Waals surface area contributed by atoms with Crippen molar-refractivity contribution in [2.75, 3.05) is 0 Å². The molecule has 1 aliphatic heterocycles. The molecule has 0 saturated heterocycles. The van der Waals surface area contributed by atoms with Crippen LogP contribution in [0.1, 0.15) is 24.6 Å². The van der Waals surface area contributed by atoms with Gasteiger partial charge in [0.05, 0.1) is 6.04 Å². The minimum atomic E-state index is 0.284. The molecule has 0 radical (unpaired) electrons. The van der Waals surface area contributed by atoms with Crippen molar-refractivity contribution in [2.45, 2.75) is 18.9 Å². The molecule has 0 bridgehead atoms. The Bertz CT molecular complexity index is 242. The smallest absolute Gasteiger partial charge is 0.149 e. The van der Waals surface area contributed by atoms with Crippen molar-refractivity contribution in [3.63, 3.8) is 0 Å². The summed E-state index contributed by atoms with van der Waals surface area (Å²) in [7, 11) is 0. The van der Waals surface area contributed by atoms with Crippen LogP contribution in [0.3, 0.4) is 0 Å². The summed E-state index contributed by atoms with van der Waals surface area (Å²) >= 11 is 0. The van der Waals surface area contributed by atoms with Crippen LogP contribution in [0.25, 0.3) is 0 Å². The number of rotatable bonds is 1. The van der Waals surface area contributed by atoms with Crippen molar-refractivity contribution in [3.05, 3.63) is 24.2 Å². The van der Waals surface area contributed by atoms with Crippen LogP contribution in [0.4, 0.5) is 0 Å². The maximum atomic E-state index is 4.64. The normalized spacial score (nSPS) is 23.1. The second-order valence-electron chi connectivity index (χ2n) is 2.53. The molecule has 0 fully saturated rings. The summed E-state index contributed by atoms with van der Waals surface area (Å²) in [6.07, 6.45) is 7.78. The van der Waals surface area contributed by atoms with E-state index in [4.69, 9.17) is 0 Å². The molecule has 1 unspecified atom stereocenters. The van der Waals surface area contributed by atoms with E-state index < -0.39 is 0 Å². The second kappa shape index (κ2) is 2.74. The summed E-state index contributed by atoms with van der Waals surface area (Å²) in [5.74, 6) is 0. The first-order valence-corrected chi connectivity index (χ1v) is 3.65. The van der Waals surface area contributed by atoms with Crippen LogP contribution in [-0.4, -0.2) is 10.4 Å². The molecule has 0 saturated carbocycles. The summed E-state index contributed by atoms with van der Waals surface area (Å²) in [6, 6.07) is 0.284. The van der Waals surface area contributed by atoms with Gasteiger partial charge in [-0.15, -0.1) is 5.10 Å². The van der Waals surface area contributed by atoms with Gasteiger partial charge < -0.3 is 9.84 Å². The van der Waals surface area contributed by atoms with Gasteiger partial charge in [0.25, 0.3) is 0 Å². The highest BCUT2D eigenvalue weighted by atomic mass is 16.5. The van der Waals surface area contributed by atoms with Crippen molar-refractivity contribution >= 4 is 0 Å². The lowest BCUT2D eigenvalue weighted by Crippen LogP contribution is -2.18. The molecule has 1 aliphatic rings. The van der Waals surface area contributed by atoms with E-state index in [0.717, 1.165) is 18.5 Å². The van der Waals surface area contributed by atoms with Gasteiger partial charge in [0.2, 0.25) is 0 Å². The number of aromatic nitrogens is 2. The predicted molar refractivity (Wildman–Crippen MR) is 38.5 cm³/mol. The van der Waals surface area contributed by atoms with Gasteiger partial charge in [-0.25, -0.2) is 0 Å². The van der Waals surface area contributed by atoms with Gasteiger partial charge >= 0.3 is 0 Å². The quantitative estimate of drug-likeness (QED) is 0.650. The third-order valence-corrected chi connectivity index (χ3v) is 1.77.